The molecule has 4 nitrogen and oxygen atoms in total. The van der Waals surface area contributed by atoms with E-state index in [4.69, 9.17) is 10.2 Å². The number of carbonyl (C=O) groups excluding carboxylic acids is 1. The van der Waals surface area contributed by atoms with Gasteiger partial charge in [0, 0.05) is 23.3 Å². The van der Waals surface area contributed by atoms with Crippen molar-refractivity contribution in [2.75, 3.05) is 17.2 Å². The van der Waals surface area contributed by atoms with Gasteiger partial charge in [0.1, 0.15) is 5.58 Å². The van der Waals surface area contributed by atoms with Crippen molar-refractivity contribution in [3.05, 3.63) is 58.8 Å². The van der Waals surface area contributed by atoms with Crippen molar-refractivity contribution in [3.63, 3.8) is 0 Å². The number of nitrogen functional groups attached to an aromatic ring is 1. The number of anilines is 2. The second-order valence-corrected chi connectivity index (χ2v) is 6.49. The summed E-state index contributed by atoms with van der Waals surface area (Å²) in [6.07, 6.45) is 1.82. The summed E-state index contributed by atoms with van der Waals surface area (Å²) in [5.41, 5.74) is 11.9. The molecule has 130 valence electrons. The largest absolute Gasteiger partial charge is 0.451 e. The molecule has 2 N–H and O–H groups in total. The molecule has 1 amide bonds. The number of fused-ring (bicyclic) bond motifs is 2. The van der Waals surface area contributed by atoms with Crippen LogP contribution in [0.1, 0.15) is 33.7 Å². The van der Waals surface area contributed by atoms with Crippen LogP contribution in [0, 0.1) is 13.8 Å². The van der Waals surface area contributed by atoms with Crippen molar-refractivity contribution < 1.29 is 9.21 Å². The molecule has 0 radical (unpaired) electrons. The van der Waals surface area contributed by atoms with Crippen LogP contribution in [0.4, 0.5) is 11.4 Å². The van der Waals surface area contributed by atoms with Gasteiger partial charge in [-0.3, -0.25) is 4.79 Å². The van der Waals surface area contributed by atoms with Crippen molar-refractivity contribution in [3.8, 4) is 0 Å². The Balaban J connectivity index is 0.00000182. The first kappa shape index (κ1) is 17.4. The highest BCUT2D eigenvalue weighted by molar-refractivity contribution is 6.07. The van der Waals surface area contributed by atoms with Crippen LogP contribution < -0.4 is 10.6 Å². The SMILES string of the molecule is Cc1cc2cc(C(=O)N3CCCc4c(N)cccc43)oc2cc1C.Cl. The molecule has 1 aliphatic rings. The van der Waals surface area contributed by atoms with E-state index in [1.54, 1.807) is 4.90 Å². The topological polar surface area (TPSA) is 59.5 Å². The first-order chi connectivity index (χ1) is 11.5. The Labute approximate surface area is 153 Å². The van der Waals surface area contributed by atoms with Crippen molar-refractivity contribution in [1.29, 1.82) is 0 Å². The van der Waals surface area contributed by atoms with Crippen molar-refractivity contribution in [2.24, 2.45) is 0 Å². The number of amides is 1. The molecule has 2 aromatic carbocycles. The summed E-state index contributed by atoms with van der Waals surface area (Å²) >= 11 is 0. The minimum atomic E-state index is -0.104. The molecule has 5 heteroatoms. The summed E-state index contributed by atoms with van der Waals surface area (Å²) in [7, 11) is 0. The molecule has 0 bridgehead atoms. The van der Waals surface area contributed by atoms with Crippen molar-refractivity contribution >= 4 is 40.7 Å². The van der Waals surface area contributed by atoms with Gasteiger partial charge in [0.25, 0.3) is 5.91 Å². The summed E-state index contributed by atoms with van der Waals surface area (Å²) in [6, 6.07) is 11.6. The van der Waals surface area contributed by atoms with Gasteiger partial charge in [0.2, 0.25) is 0 Å². The van der Waals surface area contributed by atoms with E-state index < -0.39 is 0 Å². The van der Waals surface area contributed by atoms with Gasteiger partial charge in [0.15, 0.2) is 5.76 Å². The van der Waals surface area contributed by atoms with Gasteiger partial charge in [-0.1, -0.05) is 6.07 Å². The van der Waals surface area contributed by atoms with Gasteiger partial charge in [-0.05, 0) is 73.7 Å². The summed E-state index contributed by atoms with van der Waals surface area (Å²) in [4.78, 5) is 14.8. The lowest BCUT2D eigenvalue weighted by molar-refractivity contribution is 0.0960. The normalized spacial score (nSPS) is 13.4. The maximum Gasteiger partial charge on any atom is 0.294 e. The second-order valence-electron chi connectivity index (χ2n) is 6.49. The molecule has 1 aliphatic heterocycles. The number of aryl methyl sites for hydroxylation is 2. The quantitative estimate of drug-likeness (QED) is 0.646. The zero-order valence-electron chi connectivity index (χ0n) is 14.3. The molecule has 25 heavy (non-hydrogen) atoms. The van der Waals surface area contributed by atoms with Crippen molar-refractivity contribution in [2.45, 2.75) is 26.7 Å². The minimum Gasteiger partial charge on any atom is -0.451 e. The summed E-state index contributed by atoms with van der Waals surface area (Å²) in [5.74, 6) is 0.276. The van der Waals surface area contributed by atoms with Gasteiger partial charge < -0.3 is 15.1 Å². The molecular weight excluding hydrogens is 336 g/mol. The standard InChI is InChI=1S/C20H20N2O2.ClH/c1-12-9-14-11-19(24-18(14)10-13(12)2)20(23)22-8-4-5-15-16(21)6-3-7-17(15)22;/h3,6-7,9-11H,4-5,8,21H2,1-2H3;1H. The number of halogens is 1. The van der Waals surface area contributed by atoms with E-state index in [9.17, 15) is 4.79 Å². The first-order valence-corrected chi connectivity index (χ1v) is 8.24. The molecular formula is C20H21ClN2O2. The van der Waals surface area contributed by atoms with E-state index >= 15 is 0 Å². The number of hydrogen-bond acceptors (Lipinski definition) is 3. The van der Waals surface area contributed by atoms with Crippen LogP contribution >= 0.6 is 12.4 Å². The van der Waals surface area contributed by atoms with Crippen LogP contribution in [-0.4, -0.2) is 12.5 Å². The molecule has 1 aromatic heterocycles. The highest BCUT2D eigenvalue weighted by Crippen LogP contribution is 2.33. The average Bonchev–Trinajstić information content (AvgIpc) is 2.97. The average molecular weight is 357 g/mol. The number of benzene rings is 2. The second kappa shape index (κ2) is 6.45. The van der Waals surface area contributed by atoms with Crippen LogP contribution in [-0.2, 0) is 6.42 Å². The van der Waals surface area contributed by atoms with Crippen molar-refractivity contribution in [1.82, 2.24) is 0 Å². The Morgan fingerprint density at radius 3 is 2.72 bits per heavy atom. The summed E-state index contributed by atoms with van der Waals surface area (Å²) < 4.78 is 5.84. The van der Waals surface area contributed by atoms with Gasteiger partial charge in [-0.25, -0.2) is 0 Å². The predicted molar refractivity (Wildman–Crippen MR) is 104 cm³/mol. The molecule has 0 aliphatic carbocycles. The van der Waals surface area contributed by atoms with Crippen LogP contribution in [0.5, 0.6) is 0 Å². The number of nitrogens with two attached hydrogens (primary N) is 1. The lowest BCUT2D eigenvalue weighted by Crippen LogP contribution is -2.35. The fraction of sp³-hybridized carbons (Fsp3) is 0.250. The highest BCUT2D eigenvalue weighted by Gasteiger charge is 2.27. The molecule has 0 saturated carbocycles. The van der Waals surface area contributed by atoms with Crippen LogP contribution in [0.15, 0.2) is 40.8 Å². The number of furan rings is 1. The lowest BCUT2D eigenvalue weighted by atomic mass is 9.99. The summed E-state index contributed by atoms with van der Waals surface area (Å²) in [5, 5.41) is 0.964. The van der Waals surface area contributed by atoms with E-state index in [1.165, 1.54) is 5.56 Å². The van der Waals surface area contributed by atoms with Crippen LogP contribution in [0.2, 0.25) is 0 Å². The number of hydrogen-bond donors (Lipinski definition) is 1. The molecule has 0 atom stereocenters. The smallest absolute Gasteiger partial charge is 0.294 e. The first-order valence-electron chi connectivity index (χ1n) is 8.24. The van der Waals surface area contributed by atoms with Gasteiger partial charge >= 0.3 is 0 Å². The van der Waals surface area contributed by atoms with Crippen LogP contribution in [0.3, 0.4) is 0 Å². The zero-order valence-corrected chi connectivity index (χ0v) is 15.2. The number of carbonyl (C=O) groups is 1. The molecule has 4 rings (SSSR count). The molecule has 0 spiro atoms. The van der Waals surface area contributed by atoms with E-state index in [0.29, 0.717) is 12.3 Å². The minimum absolute atomic E-state index is 0. The van der Waals surface area contributed by atoms with Crippen LogP contribution in [0.25, 0.3) is 11.0 Å². The van der Waals surface area contributed by atoms with Gasteiger partial charge in [0.05, 0.1) is 0 Å². The lowest BCUT2D eigenvalue weighted by Gasteiger charge is -2.29. The Morgan fingerprint density at radius 1 is 1.16 bits per heavy atom. The maximum absolute atomic E-state index is 13.0. The molecule has 2 heterocycles. The highest BCUT2D eigenvalue weighted by atomic mass is 35.5. The predicted octanol–water partition coefficient (Wildman–Crippen LogP) is 4.65. The fourth-order valence-electron chi connectivity index (χ4n) is 3.40. The van der Waals surface area contributed by atoms with Gasteiger partial charge in [-0.15, -0.1) is 12.4 Å². The van der Waals surface area contributed by atoms with E-state index in [0.717, 1.165) is 46.3 Å². The third kappa shape index (κ3) is 2.87. The Hall–Kier alpha value is -2.46. The Kier molecular flexibility index (Phi) is 4.48. The maximum atomic E-state index is 13.0. The fourth-order valence-corrected chi connectivity index (χ4v) is 3.40. The molecule has 0 saturated heterocycles. The number of rotatable bonds is 1. The monoisotopic (exact) mass is 356 g/mol. The van der Waals surface area contributed by atoms with E-state index in [1.807, 2.05) is 37.3 Å². The molecule has 0 unspecified atom stereocenters. The molecule has 0 fully saturated rings. The molecule has 3 aromatic rings. The third-order valence-corrected chi connectivity index (χ3v) is 4.88. The number of nitrogens with zero attached hydrogens (tertiary/aromatic N) is 1. The zero-order chi connectivity index (χ0) is 16.8. The van der Waals surface area contributed by atoms with Gasteiger partial charge in [-0.2, -0.15) is 0 Å². The third-order valence-electron chi connectivity index (χ3n) is 4.88. The Morgan fingerprint density at radius 2 is 1.92 bits per heavy atom. The van der Waals surface area contributed by atoms with E-state index in [-0.39, 0.29) is 18.3 Å². The van der Waals surface area contributed by atoms with E-state index in [2.05, 4.69) is 13.0 Å². The summed E-state index contributed by atoms with van der Waals surface area (Å²) in [6.45, 7) is 4.79. The Bertz CT molecular complexity index is 923.